The highest BCUT2D eigenvalue weighted by molar-refractivity contribution is 6.33. The zero-order valence-corrected chi connectivity index (χ0v) is 18.3. The van der Waals surface area contributed by atoms with Crippen LogP contribution in [0.4, 0.5) is 13.2 Å². The zero-order valence-electron chi connectivity index (χ0n) is 18.3. The first-order valence-electron chi connectivity index (χ1n) is 10.2. The molecule has 1 N–H and O–H groups in total. The fraction of sp³-hybridized carbons (Fsp3) is 0.120. The van der Waals surface area contributed by atoms with Gasteiger partial charge in [-0.2, -0.15) is 13.2 Å². The molecule has 0 radical (unpaired) electrons. The topological polar surface area (TPSA) is 116 Å². The Balaban J connectivity index is 1.54. The molecule has 0 aromatic heterocycles. The number of carbonyl (C=O) groups is 4. The van der Waals surface area contributed by atoms with Gasteiger partial charge >= 0.3 is 24.1 Å². The van der Waals surface area contributed by atoms with Crippen molar-refractivity contribution >= 4 is 23.7 Å². The maximum Gasteiger partial charge on any atom is 0.422 e. The molecule has 11 heteroatoms. The number of rotatable bonds is 9. The summed E-state index contributed by atoms with van der Waals surface area (Å²) in [7, 11) is 0. The molecule has 0 spiro atoms. The molecule has 0 atom stereocenters. The molecule has 0 amide bonds. The lowest BCUT2D eigenvalue weighted by molar-refractivity contribution is -0.153. The third kappa shape index (κ3) is 7.69. The molecule has 0 saturated heterocycles. The molecular weight excluding hydrogens is 485 g/mol. The minimum absolute atomic E-state index is 0.0601. The Hall–Kier alpha value is -4.67. The molecule has 0 aliphatic heterocycles. The van der Waals surface area contributed by atoms with E-state index in [9.17, 15) is 32.3 Å². The number of hydrogen-bond acceptors (Lipinski definition) is 7. The molecule has 36 heavy (non-hydrogen) atoms. The number of carbonyl (C=O) groups excluding carboxylic acids is 3. The number of carboxylic acid groups (broad SMARTS) is 1. The Morgan fingerprint density at radius 2 is 1.08 bits per heavy atom. The van der Waals surface area contributed by atoms with Crippen LogP contribution in [0, 0.1) is 0 Å². The number of ether oxygens (including phenoxy) is 3. The summed E-state index contributed by atoms with van der Waals surface area (Å²) >= 11 is 0. The van der Waals surface area contributed by atoms with E-state index in [-0.39, 0.29) is 34.8 Å². The smallest absolute Gasteiger partial charge is 0.422 e. The molecule has 3 aromatic rings. The van der Waals surface area contributed by atoms with E-state index in [1.807, 2.05) is 0 Å². The van der Waals surface area contributed by atoms with Crippen molar-refractivity contribution in [3.05, 3.63) is 89.5 Å². The van der Waals surface area contributed by atoms with Crippen LogP contribution < -0.4 is 14.2 Å². The van der Waals surface area contributed by atoms with E-state index < -0.39 is 36.5 Å². The van der Waals surface area contributed by atoms with Gasteiger partial charge < -0.3 is 19.3 Å². The van der Waals surface area contributed by atoms with Gasteiger partial charge in [-0.15, -0.1) is 0 Å². The number of hydrogen-bond donors (Lipinski definition) is 1. The number of aliphatic carboxylic acids is 1. The Morgan fingerprint density at radius 3 is 1.50 bits per heavy atom. The Labute approximate surface area is 201 Å². The number of benzene rings is 3. The molecular formula is C25H17F3O8. The van der Waals surface area contributed by atoms with Crippen molar-refractivity contribution < 1.29 is 51.7 Å². The third-order valence-corrected chi connectivity index (χ3v) is 4.53. The summed E-state index contributed by atoms with van der Waals surface area (Å²) in [5.74, 6) is -3.76. The van der Waals surface area contributed by atoms with Crippen LogP contribution in [0.3, 0.4) is 0 Å². The largest absolute Gasteiger partial charge is 0.484 e. The van der Waals surface area contributed by atoms with E-state index in [1.165, 1.54) is 72.8 Å². The van der Waals surface area contributed by atoms with Crippen molar-refractivity contribution in [2.45, 2.75) is 12.6 Å². The number of carboxylic acids is 1. The average molecular weight is 502 g/mol. The van der Waals surface area contributed by atoms with Gasteiger partial charge in [0.2, 0.25) is 5.78 Å². The molecule has 0 heterocycles. The molecule has 0 bridgehead atoms. The quantitative estimate of drug-likeness (QED) is 0.262. The van der Waals surface area contributed by atoms with E-state index in [1.54, 1.807) is 0 Å². The Bertz CT molecular complexity index is 1250. The second-order valence-electron chi connectivity index (χ2n) is 7.28. The maximum atomic E-state index is 12.3. The van der Waals surface area contributed by atoms with E-state index in [0.717, 1.165) is 0 Å². The first-order chi connectivity index (χ1) is 17.0. The number of alkyl halides is 3. The summed E-state index contributed by atoms with van der Waals surface area (Å²) in [5, 5.41) is 8.64. The lowest BCUT2D eigenvalue weighted by atomic mass is 10.1. The summed E-state index contributed by atoms with van der Waals surface area (Å²) in [6.07, 6.45) is -4.77. The lowest BCUT2D eigenvalue weighted by Crippen LogP contribution is -2.19. The predicted molar refractivity (Wildman–Crippen MR) is 117 cm³/mol. The standard InChI is InChI=1S/C25H17F3O8/c26-25(27,28)14-34-18-9-3-16(4-10-18)23(32)36-20-11-5-17(6-12-20)24(33)35-19-7-1-15(2-8-19)13-21(29)22(30)31/h1-12H,13-14H2,(H,30,31). The molecule has 0 unspecified atom stereocenters. The molecule has 0 fully saturated rings. The molecule has 186 valence electrons. The van der Waals surface area contributed by atoms with Crippen LogP contribution in [0.1, 0.15) is 26.3 Å². The number of Topliss-reactive ketones (excluding diaryl/α,β-unsaturated/α-hetero) is 1. The van der Waals surface area contributed by atoms with Gasteiger partial charge in [-0.3, -0.25) is 4.79 Å². The third-order valence-electron chi connectivity index (χ3n) is 4.53. The molecule has 8 nitrogen and oxygen atoms in total. The lowest BCUT2D eigenvalue weighted by Gasteiger charge is -2.10. The number of esters is 2. The van der Waals surface area contributed by atoms with Crippen LogP contribution >= 0.6 is 0 Å². The molecule has 0 aliphatic carbocycles. The average Bonchev–Trinajstić information content (AvgIpc) is 2.84. The van der Waals surface area contributed by atoms with Crippen molar-refractivity contribution in [1.82, 2.24) is 0 Å². The normalized spacial score (nSPS) is 10.9. The summed E-state index contributed by atoms with van der Waals surface area (Å²) < 4.78 is 51.6. The highest BCUT2D eigenvalue weighted by Crippen LogP contribution is 2.21. The summed E-state index contributed by atoms with van der Waals surface area (Å²) in [6, 6.07) is 16.1. The Morgan fingerprint density at radius 1 is 0.667 bits per heavy atom. The van der Waals surface area contributed by atoms with Crippen LogP contribution in [0.15, 0.2) is 72.8 Å². The fourth-order valence-electron chi connectivity index (χ4n) is 2.78. The van der Waals surface area contributed by atoms with Gasteiger partial charge in [-0.25, -0.2) is 14.4 Å². The van der Waals surface area contributed by atoms with Gasteiger partial charge in [0.1, 0.15) is 17.2 Å². The van der Waals surface area contributed by atoms with Gasteiger partial charge in [0, 0.05) is 6.42 Å². The van der Waals surface area contributed by atoms with Gasteiger partial charge in [0.05, 0.1) is 11.1 Å². The summed E-state index contributed by atoms with van der Waals surface area (Å²) in [4.78, 5) is 46.4. The van der Waals surface area contributed by atoms with E-state index in [4.69, 9.17) is 14.6 Å². The fourth-order valence-corrected chi connectivity index (χ4v) is 2.78. The molecule has 3 rings (SSSR count). The minimum atomic E-state index is -4.48. The zero-order chi connectivity index (χ0) is 26.3. The van der Waals surface area contributed by atoms with Crippen LogP contribution in [0.25, 0.3) is 0 Å². The van der Waals surface area contributed by atoms with E-state index >= 15 is 0 Å². The Kier molecular flexibility index (Phi) is 8.05. The van der Waals surface area contributed by atoms with Crippen LogP contribution in [-0.4, -0.2) is 41.6 Å². The number of halogens is 3. The van der Waals surface area contributed by atoms with Crippen molar-refractivity contribution in [2.75, 3.05) is 6.61 Å². The summed E-state index contributed by atoms with van der Waals surface area (Å²) in [6.45, 7) is -1.45. The summed E-state index contributed by atoms with van der Waals surface area (Å²) in [5.41, 5.74) is 0.661. The molecule has 3 aromatic carbocycles. The van der Waals surface area contributed by atoms with Crippen molar-refractivity contribution in [1.29, 1.82) is 0 Å². The first-order valence-corrected chi connectivity index (χ1v) is 10.2. The highest BCUT2D eigenvalue weighted by Gasteiger charge is 2.28. The van der Waals surface area contributed by atoms with Crippen molar-refractivity contribution in [3.8, 4) is 17.2 Å². The van der Waals surface area contributed by atoms with Gasteiger partial charge in [0.15, 0.2) is 6.61 Å². The predicted octanol–water partition coefficient (Wildman–Crippen LogP) is 4.26. The SMILES string of the molecule is O=C(O)C(=O)Cc1ccc(OC(=O)c2ccc(OC(=O)c3ccc(OCC(F)(F)F)cc3)cc2)cc1. The van der Waals surface area contributed by atoms with Gasteiger partial charge in [0.25, 0.3) is 0 Å². The van der Waals surface area contributed by atoms with E-state index in [0.29, 0.717) is 5.56 Å². The van der Waals surface area contributed by atoms with E-state index in [2.05, 4.69) is 4.74 Å². The maximum absolute atomic E-state index is 12.3. The first kappa shape index (κ1) is 25.9. The minimum Gasteiger partial charge on any atom is -0.484 e. The second kappa shape index (κ2) is 11.2. The number of ketones is 1. The monoisotopic (exact) mass is 502 g/mol. The van der Waals surface area contributed by atoms with Crippen LogP contribution in [0.2, 0.25) is 0 Å². The molecule has 0 saturated carbocycles. The second-order valence-corrected chi connectivity index (χ2v) is 7.28. The van der Waals surface area contributed by atoms with Crippen LogP contribution in [0.5, 0.6) is 17.2 Å². The van der Waals surface area contributed by atoms with Crippen molar-refractivity contribution in [3.63, 3.8) is 0 Å². The molecule has 0 aliphatic rings. The highest BCUT2D eigenvalue weighted by atomic mass is 19.4. The van der Waals surface area contributed by atoms with Crippen molar-refractivity contribution in [2.24, 2.45) is 0 Å². The van der Waals surface area contributed by atoms with Gasteiger partial charge in [-0.05, 0) is 66.2 Å². The van der Waals surface area contributed by atoms with Gasteiger partial charge in [-0.1, -0.05) is 12.1 Å². The van der Waals surface area contributed by atoms with Crippen LogP contribution in [-0.2, 0) is 16.0 Å².